The van der Waals surface area contributed by atoms with Crippen LogP contribution in [0.3, 0.4) is 0 Å². The Morgan fingerprint density at radius 3 is 2.86 bits per heavy atom. The van der Waals surface area contributed by atoms with Gasteiger partial charge in [-0.3, -0.25) is 0 Å². The number of nitrogens with zero attached hydrogens (tertiary/aromatic N) is 1. The maximum absolute atomic E-state index is 4.30. The minimum absolute atomic E-state index is 0.494. The lowest BCUT2D eigenvalue weighted by Gasteiger charge is -2.13. The average Bonchev–Trinajstić information content (AvgIpc) is 2.12. The van der Waals surface area contributed by atoms with Gasteiger partial charge in [-0.05, 0) is 47.8 Å². The van der Waals surface area contributed by atoms with Crippen LogP contribution >= 0.6 is 15.9 Å². The van der Waals surface area contributed by atoms with E-state index in [9.17, 15) is 0 Å². The van der Waals surface area contributed by atoms with E-state index in [0.717, 1.165) is 10.3 Å². The second-order valence-electron chi connectivity index (χ2n) is 3.65. The molecule has 0 saturated heterocycles. The van der Waals surface area contributed by atoms with Crippen molar-refractivity contribution >= 4 is 21.7 Å². The van der Waals surface area contributed by atoms with Crippen LogP contribution < -0.4 is 5.32 Å². The standard InChI is InChI=1S/C11H17BrN2/c1-4-5-9(3)14-11-6-8(2)10(12)7-13-11/h6-7,9H,4-5H2,1-3H3,(H,13,14). The van der Waals surface area contributed by atoms with E-state index in [1.807, 2.05) is 6.20 Å². The van der Waals surface area contributed by atoms with Gasteiger partial charge in [0, 0.05) is 16.7 Å². The summed E-state index contributed by atoms with van der Waals surface area (Å²) in [6.45, 7) is 6.45. The molecule has 78 valence electrons. The Balaban J connectivity index is 2.63. The van der Waals surface area contributed by atoms with E-state index in [0.29, 0.717) is 6.04 Å². The average molecular weight is 257 g/mol. The van der Waals surface area contributed by atoms with Gasteiger partial charge in [-0.15, -0.1) is 0 Å². The van der Waals surface area contributed by atoms with Crippen LogP contribution in [0.5, 0.6) is 0 Å². The summed E-state index contributed by atoms with van der Waals surface area (Å²) in [4.78, 5) is 4.30. The second-order valence-corrected chi connectivity index (χ2v) is 4.51. The molecule has 1 heterocycles. The SMILES string of the molecule is CCCC(C)Nc1cc(C)c(Br)cn1. The van der Waals surface area contributed by atoms with Crippen molar-refractivity contribution in [3.63, 3.8) is 0 Å². The molecule has 0 aliphatic heterocycles. The molecule has 1 rings (SSSR count). The van der Waals surface area contributed by atoms with Crippen molar-refractivity contribution in [2.75, 3.05) is 5.32 Å². The summed E-state index contributed by atoms with van der Waals surface area (Å²) < 4.78 is 1.06. The summed E-state index contributed by atoms with van der Waals surface area (Å²) in [6, 6.07) is 2.56. The first-order valence-corrected chi connectivity index (χ1v) is 5.81. The first-order chi connectivity index (χ1) is 6.63. The normalized spacial score (nSPS) is 12.6. The highest BCUT2D eigenvalue weighted by Crippen LogP contribution is 2.18. The van der Waals surface area contributed by atoms with Crippen LogP contribution in [0, 0.1) is 6.92 Å². The van der Waals surface area contributed by atoms with E-state index < -0.39 is 0 Å². The maximum atomic E-state index is 4.30. The number of nitrogens with one attached hydrogen (secondary N) is 1. The molecule has 1 atom stereocenters. The second kappa shape index (κ2) is 5.35. The molecular weight excluding hydrogens is 240 g/mol. The molecule has 0 aliphatic carbocycles. The third-order valence-electron chi connectivity index (χ3n) is 2.16. The quantitative estimate of drug-likeness (QED) is 0.888. The van der Waals surface area contributed by atoms with E-state index in [-0.39, 0.29) is 0 Å². The highest BCUT2D eigenvalue weighted by atomic mass is 79.9. The molecule has 0 bridgehead atoms. The van der Waals surface area contributed by atoms with Crippen molar-refractivity contribution in [3.05, 3.63) is 22.3 Å². The number of halogens is 1. The smallest absolute Gasteiger partial charge is 0.126 e. The Labute approximate surface area is 94.3 Å². The monoisotopic (exact) mass is 256 g/mol. The summed E-state index contributed by atoms with van der Waals surface area (Å²) in [5.74, 6) is 0.964. The summed E-state index contributed by atoms with van der Waals surface area (Å²) >= 11 is 3.44. The minimum atomic E-state index is 0.494. The zero-order valence-corrected chi connectivity index (χ0v) is 10.6. The summed E-state index contributed by atoms with van der Waals surface area (Å²) in [7, 11) is 0. The molecule has 0 radical (unpaired) electrons. The molecule has 0 aromatic carbocycles. The van der Waals surface area contributed by atoms with Gasteiger partial charge < -0.3 is 5.32 Å². The van der Waals surface area contributed by atoms with E-state index in [4.69, 9.17) is 0 Å². The van der Waals surface area contributed by atoms with Crippen LogP contribution in [0.4, 0.5) is 5.82 Å². The number of hydrogen-bond acceptors (Lipinski definition) is 2. The summed E-state index contributed by atoms with van der Waals surface area (Å²) in [6.07, 6.45) is 4.22. The third kappa shape index (κ3) is 3.29. The molecule has 1 N–H and O–H groups in total. The van der Waals surface area contributed by atoms with Crippen molar-refractivity contribution in [2.45, 2.75) is 39.7 Å². The fraction of sp³-hybridized carbons (Fsp3) is 0.545. The van der Waals surface area contributed by atoms with Crippen LogP contribution in [0.1, 0.15) is 32.3 Å². The Bertz CT molecular complexity index is 299. The van der Waals surface area contributed by atoms with Gasteiger partial charge in [0.15, 0.2) is 0 Å². The number of aryl methyl sites for hydroxylation is 1. The Morgan fingerprint density at radius 2 is 2.29 bits per heavy atom. The van der Waals surface area contributed by atoms with Gasteiger partial charge in [-0.1, -0.05) is 13.3 Å². The van der Waals surface area contributed by atoms with Gasteiger partial charge in [-0.2, -0.15) is 0 Å². The number of aromatic nitrogens is 1. The van der Waals surface area contributed by atoms with Gasteiger partial charge >= 0.3 is 0 Å². The zero-order chi connectivity index (χ0) is 10.6. The van der Waals surface area contributed by atoms with E-state index in [1.54, 1.807) is 0 Å². The van der Waals surface area contributed by atoms with E-state index in [1.165, 1.54) is 18.4 Å². The van der Waals surface area contributed by atoms with Crippen molar-refractivity contribution < 1.29 is 0 Å². The van der Waals surface area contributed by atoms with Crippen LogP contribution in [0.2, 0.25) is 0 Å². The van der Waals surface area contributed by atoms with Crippen molar-refractivity contribution in [1.29, 1.82) is 0 Å². The highest BCUT2D eigenvalue weighted by Gasteiger charge is 2.02. The highest BCUT2D eigenvalue weighted by molar-refractivity contribution is 9.10. The molecule has 3 heteroatoms. The van der Waals surface area contributed by atoms with Gasteiger partial charge in [0.25, 0.3) is 0 Å². The van der Waals surface area contributed by atoms with Gasteiger partial charge in [0.1, 0.15) is 5.82 Å². The summed E-state index contributed by atoms with van der Waals surface area (Å²) in [5, 5.41) is 3.38. The largest absolute Gasteiger partial charge is 0.368 e. The van der Waals surface area contributed by atoms with Crippen molar-refractivity contribution in [3.8, 4) is 0 Å². The third-order valence-corrected chi connectivity index (χ3v) is 2.99. The van der Waals surface area contributed by atoms with Crippen LogP contribution in [0.15, 0.2) is 16.7 Å². The molecule has 0 aliphatic rings. The Morgan fingerprint density at radius 1 is 1.57 bits per heavy atom. The number of anilines is 1. The predicted octanol–water partition coefficient (Wildman–Crippen LogP) is 3.75. The lowest BCUT2D eigenvalue weighted by molar-refractivity contribution is 0.687. The molecule has 0 spiro atoms. The fourth-order valence-electron chi connectivity index (χ4n) is 1.38. The Hall–Kier alpha value is -0.570. The van der Waals surface area contributed by atoms with Crippen molar-refractivity contribution in [2.24, 2.45) is 0 Å². The van der Waals surface area contributed by atoms with Crippen LogP contribution in [-0.2, 0) is 0 Å². The molecular formula is C11H17BrN2. The molecule has 1 aromatic rings. The van der Waals surface area contributed by atoms with Crippen molar-refractivity contribution in [1.82, 2.24) is 4.98 Å². The molecule has 0 amide bonds. The predicted molar refractivity (Wildman–Crippen MR) is 64.7 cm³/mol. The fourth-order valence-corrected chi connectivity index (χ4v) is 1.59. The van der Waals surface area contributed by atoms with Gasteiger partial charge in [0.2, 0.25) is 0 Å². The van der Waals surface area contributed by atoms with Crippen LogP contribution in [0.25, 0.3) is 0 Å². The number of hydrogen-bond donors (Lipinski definition) is 1. The summed E-state index contributed by atoms with van der Waals surface area (Å²) in [5.41, 5.74) is 1.21. The van der Waals surface area contributed by atoms with E-state index in [2.05, 4.69) is 53.1 Å². The first-order valence-electron chi connectivity index (χ1n) is 5.02. The lowest BCUT2D eigenvalue weighted by atomic mass is 10.2. The Kier molecular flexibility index (Phi) is 4.39. The molecule has 1 aromatic heterocycles. The number of pyridine rings is 1. The zero-order valence-electron chi connectivity index (χ0n) is 8.97. The van der Waals surface area contributed by atoms with E-state index >= 15 is 0 Å². The topological polar surface area (TPSA) is 24.9 Å². The van der Waals surface area contributed by atoms with Gasteiger partial charge in [-0.25, -0.2) is 4.98 Å². The lowest BCUT2D eigenvalue weighted by Crippen LogP contribution is -2.15. The maximum Gasteiger partial charge on any atom is 0.126 e. The first kappa shape index (κ1) is 11.5. The number of rotatable bonds is 4. The minimum Gasteiger partial charge on any atom is -0.368 e. The molecule has 2 nitrogen and oxygen atoms in total. The molecule has 0 saturated carbocycles. The molecule has 0 fully saturated rings. The van der Waals surface area contributed by atoms with Gasteiger partial charge in [0.05, 0.1) is 0 Å². The molecule has 1 unspecified atom stereocenters. The van der Waals surface area contributed by atoms with Crippen LogP contribution in [-0.4, -0.2) is 11.0 Å². The molecule has 14 heavy (non-hydrogen) atoms.